The fraction of sp³-hybridized carbons (Fsp3) is 1.00. The van der Waals surface area contributed by atoms with Crippen LogP contribution in [-0.4, -0.2) is 24.3 Å². The molecule has 1 N–H and O–H groups in total. The third-order valence-electron chi connectivity index (χ3n) is 5.75. The molecule has 2 atom stereocenters. The second-order valence-corrected chi connectivity index (χ2v) is 6.97. The number of hydrogen-bond donors (Lipinski definition) is 1. The largest absolute Gasteiger partial charge is 0.366 e. The lowest BCUT2D eigenvalue weighted by atomic mass is 9.74. The van der Waals surface area contributed by atoms with E-state index < -0.39 is 0 Å². The molecule has 2 aliphatic carbocycles. The Balaban J connectivity index is 1.72. The highest BCUT2D eigenvalue weighted by atomic mass is 16.5. The van der Waals surface area contributed by atoms with Gasteiger partial charge in [0.1, 0.15) is 0 Å². The number of ether oxygens (including phenoxy) is 1. The van der Waals surface area contributed by atoms with Crippen LogP contribution in [0.4, 0.5) is 0 Å². The predicted molar refractivity (Wildman–Crippen MR) is 74.7 cm³/mol. The van der Waals surface area contributed by atoms with Crippen molar-refractivity contribution in [2.45, 2.75) is 76.4 Å². The molecule has 0 aromatic carbocycles. The summed E-state index contributed by atoms with van der Waals surface area (Å²) in [5.41, 5.74) is 0.291. The fourth-order valence-electron chi connectivity index (χ4n) is 4.29. The lowest BCUT2D eigenvalue weighted by Crippen LogP contribution is -2.61. The monoisotopic (exact) mass is 251 g/mol. The first-order chi connectivity index (χ1) is 8.71. The summed E-state index contributed by atoms with van der Waals surface area (Å²) in [7, 11) is 0. The maximum absolute atomic E-state index is 6.75. The molecule has 3 rings (SSSR count). The molecule has 3 fully saturated rings. The summed E-state index contributed by atoms with van der Waals surface area (Å²) in [5, 5.41) is 3.69. The van der Waals surface area contributed by atoms with Gasteiger partial charge in [-0.25, -0.2) is 0 Å². The van der Waals surface area contributed by atoms with E-state index in [1.165, 1.54) is 38.5 Å². The van der Waals surface area contributed by atoms with E-state index in [9.17, 15) is 0 Å². The molecule has 104 valence electrons. The first-order valence-electron chi connectivity index (χ1n) is 8.12. The normalized spacial score (nSPS) is 40.0. The molecule has 0 bridgehead atoms. The molecule has 2 unspecified atom stereocenters. The summed E-state index contributed by atoms with van der Waals surface area (Å²) in [4.78, 5) is 0. The van der Waals surface area contributed by atoms with Crippen LogP contribution in [0, 0.1) is 11.8 Å². The molecule has 18 heavy (non-hydrogen) atoms. The number of nitrogens with one attached hydrogen (secondary N) is 1. The molecule has 0 amide bonds. The summed E-state index contributed by atoms with van der Waals surface area (Å²) in [5.74, 6) is 2.01. The lowest BCUT2D eigenvalue weighted by molar-refractivity contribution is -0.200. The molecule has 0 aromatic rings. The van der Waals surface area contributed by atoms with Gasteiger partial charge < -0.3 is 10.1 Å². The summed E-state index contributed by atoms with van der Waals surface area (Å²) in [6.45, 7) is 6.71. The highest BCUT2D eigenvalue weighted by molar-refractivity contribution is 5.00. The summed E-state index contributed by atoms with van der Waals surface area (Å²) in [6, 6.07) is 0. The van der Waals surface area contributed by atoms with Gasteiger partial charge in [0.25, 0.3) is 0 Å². The number of rotatable bonds is 3. The van der Waals surface area contributed by atoms with E-state index in [0.717, 1.165) is 37.8 Å². The van der Waals surface area contributed by atoms with Gasteiger partial charge in [-0.2, -0.15) is 0 Å². The smallest absolute Gasteiger partial charge is 0.0817 e. The van der Waals surface area contributed by atoms with Crippen LogP contribution in [0.25, 0.3) is 0 Å². The Bertz CT molecular complexity index is 291. The minimum absolute atomic E-state index is 0.115. The molecule has 1 heterocycles. The van der Waals surface area contributed by atoms with Crippen LogP contribution >= 0.6 is 0 Å². The number of hydrogen-bond acceptors (Lipinski definition) is 2. The zero-order chi connectivity index (χ0) is 12.6. The Labute approximate surface area is 112 Å². The molecule has 0 radical (unpaired) electrons. The maximum Gasteiger partial charge on any atom is 0.0817 e. The Hall–Kier alpha value is -0.0800. The summed E-state index contributed by atoms with van der Waals surface area (Å²) >= 11 is 0. The first-order valence-corrected chi connectivity index (χ1v) is 8.12. The van der Waals surface area contributed by atoms with Crippen molar-refractivity contribution in [3.05, 3.63) is 0 Å². The average molecular weight is 251 g/mol. The van der Waals surface area contributed by atoms with Crippen molar-refractivity contribution in [1.82, 2.24) is 5.32 Å². The van der Waals surface area contributed by atoms with Crippen LogP contribution in [0.5, 0.6) is 0 Å². The quantitative estimate of drug-likeness (QED) is 0.829. The molecule has 2 saturated carbocycles. The van der Waals surface area contributed by atoms with Gasteiger partial charge in [0, 0.05) is 13.1 Å². The van der Waals surface area contributed by atoms with E-state index in [-0.39, 0.29) is 11.2 Å². The average Bonchev–Trinajstić information content (AvgIpc) is 3.23. The van der Waals surface area contributed by atoms with Crippen LogP contribution in [0.2, 0.25) is 0 Å². The van der Waals surface area contributed by atoms with Crippen LogP contribution in [0.15, 0.2) is 0 Å². The van der Waals surface area contributed by atoms with Gasteiger partial charge in [-0.1, -0.05) is 20.3 Å². The topological polar surface area (TPSA) is 21.3 Å². The third kappa shape index (κ3) is 2.34. The van der Waals surface area contributed by atoms with Crippen LogP contribution in [0.3, 0.4) is 0 Å². The van der Waals surface area contributed by atoms with Gasteiger partial charge >= 0.3 is 0 Å². The van der Waals surface area contributed by atoms with E-state index >= 15 is 0 Å². The third-order valence-corrected chi connectivity index (χ3v) is 5.75. The van der Waals surface area contributed by atoms with Gasteiger partial charge in [0.05, 0.1) is 11.2 Å². The highest BCUT2D eigenvalue weighted by Crippen LogP contribution is 2.49. The van der Waals surface area contributed by atoms with Crippen LogP contribution in [-0.2, 0) is 4.74 Å². The zero-order valence-electron chi connectivity index (χ0n) is 12.1. The second kappa shape index (κ2) is 4.79. The summed E-state index contributed by atoms with van der Waals surface area (Å²) < 4.78 is 6.75. The lowest BCUT2D eigenvalue weighted by Gasteiger charge is -2.51. The van der Waals surface area contributed by atoms with Crippen molar-refractivity contribution < 1.29 is 4.74 Å². The van der Waals surface area contributed by atoms with Crippen molar-refractivity contribution in [3.8, 4) is 0 Å². The minimum Gasteiger partial charge on any atom is -0.366 e. The molecular formula is C16H29NO. The van der Waals surface area contributed by atoms with E-state index in [0.29, 0.717) is 0 Å². The van der Waals surface area contributed by atoms with E-state index in [4.69, 9.17) is 4.74 Å². The van der Waals surface area contributed by atoms with Crippen molar-refractivity contribution in [1.29, 1.82) is 0 Å². The molecule has 2 nitrogen and oxygen atoms in total. The van der Waals surface area contributed by atoms with E-state index in [1.54, 1.807) is 0 Å². The number of morpholine rings is 1. The Kier molecular flexibility index (Phi) is 3.44. The minimum atomic E-state index is 0.115. The van der Waals surface area contributed by atoms with Gasteiger partial charge in [-0.05, 0) is 56.8 Å². The summed E-state index contributed by atoms with van der Waals surface area (Å²) in [6.07, 6.45) is 10.7. The molecule has 2 heteroatoms. The molecule has 1 aliphatic heterocycles. The maximum atomic E-state index is 6.75. The molecule has 3 aliphatic rings. The molecular weight excluding hydrogens is 222 g/mol. The molecule has 1 spiro atoms. The van der Waals surface area contributed by atoms with E-state index in [1.807, 2.05) is 0 Å². The Morgan fingerprint density at radius 3 is 2.50 bits per heavy atom. The Morgan fingerprint density at radius 2 is 1.83 bits per heavy atom. The van der Waals surface area contributed by atoms with Gasteiger partial charge in [-0.3, -0.25) is 0 Å². The first kappa shape index (κ1) is 12.9. The van der Waals surface area contributed by atoms with Crippen molar-refractivity contribution in [2.24, 2.45) is 11.8 Å². The predicted octanol–water partition coefficient (Wildman–Crippen LogP) is 3.50. The van der Waals surface area contributed by atoms with Crippen molar-refractivity contribution in [3.63, 3.8) is 0 Å². The van der Waals surface area contributed by atoms with Crippen molar-refractivity contribution in [2.75, 3.05) is 13.1 Å². The Morgan fingerprint density at radius 1 is 1.06 bits per heavy atom. The SMILES string of the molecule is CCC1(CC)CNCC2(CCCC(C3CC3)C2)O1. The van der Waals surface area contributed by atoms with Crippen LogP contribution < -0.4 is 5.32 Å². The van der Waals surface area contributed by atoms with Gasteiger partial charge in [-0.15, -0.1) is 0 Å². The van der Waals surface area contributed by atoms with Gasteiger partial charge in [0.15, 0.2) is 0 Å². The van der Waals surface area contributed by atoms with Gasteiger partial charge in [0.2, 0.25) is 0 Å². The highest BCUT2D eigenvalue weighted by Gasteiger charge is 2.48. The van der Waals surface area contributed by atoms with Crippen LogP contribution in [0.1, 0.15) is 65.2 Å². The fourth-order valence-corrected chi connectivity index (χ4v) is 4.29. The van der Waals surface area contributed by atoms with Crippen molar-refractivity contribution >= 4 is 0 Å². The molecule has 1 saturated heterocycles. The molecule has 0 aromatic heterocycles. The second-order valence-electron chi connectivity index (χ2n) is 6.97. The zero-order valence-corrected chi connectivity index (χ0v) is 12.1. The van der Waals surface area contributed by atoms with E-state index in [2.05, 4.69) is 19.2 Å². The standard InChI is InChI=1S/C16H29NO/c1-3-15(4-2)11-17-12-16(18-15)9-5-6-14(10-16)13-7-8-13/h13-14,17H,3-12H2,1-2H3.